The van der Waals surface area contributed by atoms with Crippen molar-refractivity contribution in [1.82, 2.24) is 9.97 Å². The Hall–Kier alpha value is -1.85. The molecule has 0 spiro atoms. The van der Waals surface area contributed by atoms with Gasteiger partial charge in [0.1, 0.15) is 0 Å². The van der Waals surface area contributed by atoms with Gasteiger partial charge in [0.25, 0.3) is 0 Å². The number of aliphatic carboxylic acids is 1. The molecule has 1 heterocycles. The Morgan fingerprint density at radius 3 is 2.70 bits per heavy atom. The Bertz CT molecular complexity index is 471. The fourth-order valence-corrected chi connectivity index (χ4v) is 2.57. The number of hydrogen-bond acceptors (Lipinski definition) is 5. The first-order valence-corrected chi connectivity index (χ1v) is 6.95. The monoisotopic (exact) mass is 279 g/mol. The molecule has 0 aliphatic heterocycles. The molecule has 0 bridgehead atoms. The van der Waals surface area contributed by atoms with E-state index in [9.17, 15) is 4.79 Å². The number of ether oxygens (including phenoxy) is 1. The second kappa shape index (κ2) is 6.54. The van der Waals surface area contributed by atoms with Crippen LogP contribution in [0.3, 0.4) is 0 Å². The standard InChI is InChI=1S/C14H21N3O3/c1-9-7-12(20-2)17-14(16-9)15-8-10-3-5-11(6-4-10)13(18)19/h7,10-11H,3-6,8H2,1-2H3,(H,18,19)(H,15,16,17). The molecular formula is C14H21N3O3. The zero-order chi connectivity index (χ0) is 14.5. The Kier molecular flexibility index (Phi) is 4.76. The van der Waals surface area contributed by atoms with Crippen molar-refractivity contribution >= 4 is 11.9 Å². The lowest BCUT2D eigenvalue weighted by atomic mass is 9.82. The molecule has 110 valence electrons. The zero-order valence-electron chi connectivity index (χ0n) is 11.9. The van der Waals surface area contributed by atoms with Gasteiger partial charge in [0.05, 0.1) is 13.0 Å². The summed E-state index contributed by atoms with van der Waals surface area (Å²) in [5.74, 6) is 0.780. The summed E-state index contributed by atoms with van der Waals surface area (Å²) >= 11 is 0. The highest BCUT2D eigenvalue weighted by Gasteiger charge is 2.25. The molecule has 1 aromatic heterocycles. The van der Waals surface area contributed by atoms with Crippen molar-refractivity contribution in [3.05, 3.63) is 11.8 Å². The van der Waals surface area contributed by atoms with Crippen LogP contribution >= 0.6 is 0 Å². The minimum Gasteiger partial charge on any atom is -0.481 e. The molecule has 1 fully saturated rings. The Morgan fingerprint density at radius 1 is 1.40 bits per heavy atom. The Morgan fingerprint density at radius 2 is 2.10 bits per heavy atom. The van der Waals surface area contributed by atoms with Crippen molar-refractivity contribution in [2.45, 2.75) is 32.6 Å². The lowest BCUT2D eigenvalue weighted by molar-refractivity contribution is -0.143. The maximum absolute atomic E-state index is 10.9. The van der Waals surface area contributed by atoms with Crippen molar-refractivity contribution in [1.29, 1.82) is 0 Å². The van der Waals surface area contributed by atoms with Gasteiger partial charge in [0.15, 0.2) is 0 Å². The molecule has 2 N–H and O–H groups in total. The molecule has 0 saturated heterocycles. The van der Waals surface area contributed by atoms with Crippen molar-refractivity contribution in [2.75, 3.05) is 19.0 Å². The minimum absolute atomic E-state index is 0.165. The molecule has 1 aromatic rings. The predicted octanol–water partition coefficient (Wildman–Crippen LogP) is 2.10. The molecule has 0 amide bonds. The van der Waals surface area contributed by atoms with Gasteiger partial charge >= 0.3 is 5.97 Å². The van der Waals surface area contributed by atoms with Crippen LogP contribution in [0.15, 0.2) is 6.07 Å². The van der Waals surface area contributed by atoms with E-state index in [1.165, 1.54) is 0 Å². The van der Waals surface area contributed by atoms with Gasteiger partial charge in [-0.25, -0.2) is 4.98 Å². The van der Waals surface area contributed by atoms with E-state index in [0.717, 1.165) is 37.9 Å². The summed E-state index contributed by atoms with van der Waals surface area (Å²) in [6.45, 7) is 2.67. The third-order valence-electron chi connectivity index (χ3n) is 3.78. The molecule has 1 saturated carbocycles. The second-order valence-corrected chi connectivity index (χ2v) is 5.31. The summed E-state index contributed by atoms with van der Waals surface area (Å²) < 4.78 is 5.11. The van der Waals surface area contributed by atoms with Gasteiger partial charge in [-0.15, -0.1) is 0 Å². The smallest absolute Gasteiger partial charge is 0.306 e. The topological polar surface area (TPSA) is 84.3 Å². The van der Waals surface area contributed by atoms with Gasteiger partial charge < -0.3 is 15.2 Å². The number of carboxylic acid groups (broad SMARTS) is 1. The third-order valence-corrected chi connectivity index (χ3v) is 3.78. The van der Waals surface area contributed by atoms with Crippen LogP contribution in [0.5, 0.6) is 5.88 Å². The number of carbonyl (C=O) groups is 1. The number of aryl methyl sites for hydroxylation is 1. The van der Waals surface area contributed by atoms with Crippen LogP contribution in [-0.4, -0.2) is 34.7 Å². The number of anilines is 1. The number of hydrogen-bond donors (Lipinski definition) is 2. The van der Waals surface area contributed by atoms with Crippen molar-refractivity contribution in [3.63, 3.8) is 0 Å². The summed E-state index contributed by atoms with van der Waals surface area (Å²) in [5, 5.41) is 12.2. The first-order chi connectivity index (χ1) is 9.58. The maximum Gasteiger partial charge on any atom is 0.306 e. The summed E-state index contributed by atoms with van der Waals surface area (Å²) in [7, 11) is 1.58. The van der Waals surface area contributed by atoms with E-state index >= 15 is 0 Å². The van der Waals surface area contributed by atoms with Gasteiger partial charge in [0, 0.05) is 18.3 Å². The average Bonchev–Trinajstić information content (AvgIpc) is 2.45. The number of aromatic nitrogens is 2. The lowest BCUT2D eigenvalue weighted by Crippen LogP contribution is -2.25. The first-order valence-electron chi connectivity index (χ1n) is 6.95. The van der Waals surface area contributed by atoms with Crippen LogP contribution in [0, 0.1) is 18.8 Å². The van der Waals surface area contributed by atoms with Gasteiger partial charge in [0.2, 0.25) is 11.8 Å². The zero-order valence-corrected chi connectivity index (χ0v) is 11.9. The molecule has 6 heteroatoms. The highest BCUT2D eigenvalue weighted by Crippen LogP contribution is 2.29. The second-order valence-electron chi connectivity index (χ2n) is 5.31. The molecule has 6 nitrogen and oxygen atoms in total. The van der Waals surface area contributed by atoms with Crippen LogP contribution < -0.4 is 10.1 Å². The van der Waals surface area contributed by atoms with Gasteiger partial charge in [-0.05, 0) is 38.5 Å². The fraction of sp³-hybridized carbons (Fsp3) is 0.643. The van der Waals surface area contributed by atoms with Gasteiger partial charge in [-0.3, -0.25) is 4.79 Å². The summed E-state index contributed by atoms with van der Waals surface area (Å²) in [6, 6.07) is 1.78. The molecular weight excluding hydrogens is 258 g/mol. The molecule has 1 aliphatic rings. The number of nitrogens with one attached hydrogen (secondary N) is 1. The van der Waals surface area contributed by atoms with Crippen molar-refractivity contribution in [3.8, 4) is 5.88 Å². The highest BCUT2D eigenvalue weighted by atomic mass is 16.5. The largest absolute Gasteiger partial charge is 0.481 e. The predicted molar refractivity (Wildman–Crippen MR) is 74.9 cm³/mol. The molecule has 1 aliphatic carbocycles. The number of carboxylic acids is 1. The van der Waals surface area contributed by atoms with Gasteiger partial charge in [-0.1, -0.05) is 0 Å². The van der Waals surface area contributed by atoms with E-state index < -0.39 is 5.97 Å². The molecule has 0 radical (unpaired) electrons. The van der Waals surface area contributed by atoms with Crippen LogP contribution in [-0.2, 0) is 4.79 Å². The van der Waals surface area contributed by atoms with Crippen molar-refractivity contribution in [2.24, 2.45) is 11.8 Å². The number of nitrogens with zero attached hydrogens (tertiary/aromatic N) is 2. The lowest BCUT2D eigenvalue weighted by Gasteiger charge is -2.26. The van der Waals surface area contributed by atoms with Crippen LogP contribution in [0.2, 0.25) is 0 Å². The summed E-state index contributed by atoms with van der Waals surface area (Å²) in [4.78, 5) is 19.5. The first kappa shape index (κ1) is 14.6. The molecule has 20 heavy (non-hydrogen) atoms. The summed E-state index contributed by atoms with van der Waals surface area (Å²) in [6.07, 6.45) is 3.40. The molecule has 0 aromatic carbocycles. The van der Waals surface area contributed by atoms with Crippen LogP contribution in [0.4, 0.5) is 5.95 Å². The molecule has 0 unspecified atom stereocenters. The SMILES string of the molecule is COc1cc(C)nc(NCC2CCC(C(=O)O)CC2)n1. The van der Waals surface area contributed by atoms with E-state index in [4.69, 9.17) is 9.84 Å². The third kappa shape index (κ3) is 3.82. The molecule has 0 atom stereocenters. The average molecular weight is 279 g/mol. The number of methoxy groups -OCH3 is 1. The van der Waals surface area contributed by atoms with E-state index in [1.807, 2.05) is 6.92 Å². The highest BCUT2D eigenvalue weighted by molar-refractivity contribution is 5.69. The maximum atomic E-state index is 10.9. The fourth-order valence-electron chi connectivity index (χ4n) is 2.57. The Labute approximate surface area is 118 Å². The molecule has 2 rings (SSSR count). The number of rotatable bonds is 5. The summed E-state index contributed by atoms with van der Waals surface area (Å²) in [5.41, 5.74) is 0.855. The normalized spacial score (nSPS) is 22.3. The minimum atomic E-state index is -0.664. The van der Waals surface area contributed by atoms with Gasteiger partial charge in [-0.2, -0.15) is 4.98 Å². The quantitative estimate of drug-likeness (QED) is 0.858. The van der Waals surface area contributed by atoms with Crippen LogP contribution in [0.1, 0.15) is 31.4 Å². The van der Waals surface area contributed by atoms with E-state index in [2.05, 4.69) is 15.3 Å². The van der Waals surface area contributed by atoms with E-state index in [0.29, 0.717) is 17.7 Å². The Balaban J connectivity index is 1.84. The van der Waals surface area contributed by atoms with E-state index in [-0.39, 0.29) is 5.92 Å². The van der Waals surface area contributed by atoms with E-state index in [1.54, 1.807) is 13.2 Å². The van der Waals surface area contributed by atoms with Crippen molar-refractivity contribution < 1.29 is 14.6 Å². The van der Waals surface area contributed by atoms with Crippen LogP contribution in [0.25, 0.3) is 0 Å².